The van der Waals surface area contributed by atoms with Crippen molar-refractivity contribution in [1.82, 2.24) is 0 Å². The quantitative estimate of drug-likeness (QED) is 0.276. The molecule has 0 spiro atoms. The molecule has 0 saturated heterocycles. The molecular formula is C15H19NO8. The standard InChI is InChI=1S/C11H15NO4.C4H4O4/c1-2-16-11(15)8(12)5-7-3-4-9(13)10(14)6-7;5-3(6)1-2-4(7)8/h3-4,6,8,13-14H,2,5,12H2,1H3;1-2H,(H,5,6)(H,7,8)/b;2-1+/t8-;/m0./s1. The number of esters is 1. The average Bonchev–Trinajstić information content (AvgIpc) is 2.50. The zero-order valence-electron chi connectivity index (χ0n) is 12.9. The van der Waals surface area contributed by atoms with Crippen molar-refractivity contribution in [3.8, 4) is 11.5 Å². The average molecular weight is 341 g/mol. The van der Waals surface area contributed by atoms with Crippen molar-refractivity contribution in [3.05, 3.63) is 35.9 Å². The van der Waals surface area contributed by atoms with E-state index >= 15 is 0 Å². The number of nitrogens with two attached hydrogens (primary N) is 1. The van der Waals surface area contributed by atoms with E-state index in [0.29, 0.717) is 17.7 Å². The molecule has 0 radical (unpaired) electrons. The molecule has 0 aliphatic carbocycles. The van der Waals surface area contributed by atoms with Crippen LogP contribution in [0.2, 0.25) is 0 Å². The second-order valence-corrected chi connectivity index (χ2v) is 4.40. The van der Waals surface area contributed by atoms with Crippen molar-refractivity contribution in [2.45, 2.75) is 19.4 Å². The molecule has 6 N–H and O–H groups in total. The summed E-state index contributed by atoms with van der Waals surface area (Å²) in [6, 6.07) is 3.55. The minimum absolute atomic E-state index is 0.201. The molecule has 0 unspecified atom stereocenters. The van der Waals surface area contributed by atoms with E-state index in [1.807, 2.05) is 0 Å². The van der Waals surface area contributed by atoms with Gasteiger partial charge in [0.1, 0.15) is 6.04 Å². The van der Waals surface area contributed by atoms with Gasteiger partial charge in [-0.05, 0) is 31.0 Å². The zero-order chi connectivity index (χ0) is 18.7. The van der Waals surface area contributed by atoms with E-state index in [1.165, 1.54) is 12.1 Å². The van der Waals surface area contributed by atoms with Gasteiger partial charge in [-0.3, -0.25) is 4.79 Å². The largest absolute Gasteiger partial charge is 0.504 e. The number of carbonyl (C=O) groups excluding carboxylic acids is 1. The molecule has 0 amide bonds. The van der Waals surface area contributed by atoms with Crippen LogP contribution in [0.5, 0.6) is 11.5 Å². The lowest BCUT2D eigenvalue weighted by Crippen LogP contribution is -2.34. The van der Waals surface area contributed by atoms with Crippen molar-refractivity contribution in [3.63, 3.8) is 0 Å². The summed E-state index contributed by atoms with van der Waals surface area (Å²) in [4.78, 5) is 30.3. The van der Waals surface area contributed by atoms with Crippen molar-refractivity contribution >= 4 is 17.9 Å². The lowest BCUT2D eigenvalue weighted by molar-refractivity contribution is -0.144. The summed E-state index contributed by atoms with van der Waals surface area (Å²) >= 11 is 0. The number of benzene rings is 1. The number of carbonyl (C=O) groups is 3. The number of rotatable bonds is 6. The Hall–Kier alpha value is -3.07. The molecule has 1 aromatic rings. The summed E-state index contributed by atoms with van der Waals surface area (Å²) in [6.07, 6.45) is 1.37. The lowest BCUT2D eigenvalue weighted by Gasteiger charge is -2.10. The van der Waals surface area contributed by atoms with Crippen molar-refractivity contribution in [2.75, 3.05) is 6.61 Å². The third-order valence-electron chi connectivity index (χ3n) is 2.45. The first-order chi connectivity index (χ1) is 11.2. The van der Waals surface area contributed by atoms with Gasteiger partial charge < -0.3 is 30.9 Å². The number of aliphatic carboxylic acids is 2. The minimum Gasteiger partial charge on any atom is -0.504 e. The van der Waals surface area contributed by atoms with E-state index in [4.69, 9.17) is 25.8 Å². The SMILES string of the molecule is CCOC(=O)[C@@H](N)Cc1ccc(O)c(O)c1.O=C(O)/C=C/C(=O)O. The van der Waals surface area contributed by atoms with Gasteiger partial charge in [0.25, 0.3) is 0 Å². The normalized spacial score (nSPS) is 11.2. The van der Waals surface area contributed by atoms with E-state index in [1.54, 1.807) is 13.0 Å². The summed E-state index contributed by atoms with van der Waals surface area (Å²) < 4.78 is 4.75. The van der Waals surface area contributed by atoms with Crippen LogP contribution in [-0.4, -0.2) is 51.0 Å². The van der Waals surface area contributed by atoms with Gasteiger partial charge in [-0.25, -0.2) is 9.59 Å². The summed E-state index contributed by atoms with van der Waals surface area (Å²) in [6.45, 7) is 1.99. The summed E-state index contributed by atoms with van der Waals surface area (Å²) in [7, 11) is 0. The van der Waals surface area contributed by atoms with E-state index in [0.717, 1.165) is 0 Å². The fourth-order valence-electron chi connectivity index (χ4n) is 1.43. The number of aromatic hydroxyl groups is 2. The topological polar surface area (TPSA) is 167 Å². The number of phenols is 2. The van der Waals surface area contributed by atoms with Gasteiger partial charge in [-0.2, -0.15) is 0 Å². The maximum absolute atomic E-state index is 11.2. The molecule has 24 heavy (non-hydrogen) atoms. The van der Waals surface area contributed by atoms with Crippen LogP contribution >= 0.6 is 0 Å². The van der Waals surface area contributed by atoms with Crippen LogP contribution in [0.15, 0.2) is 30.4 Å². The van der Waals surface area contributed by atoms with Crippen LogP contribution < -0.4 is 5.73 Å². The lowest BCUT2D eigenvalue weighted by atomic mass is 10.1. The van der Waals surface area contributed by atoms with Crippen LogP contribution in [0.4, 0.5) is 0 Å². The zero-order valence-corrected chi connectivity index (χ0v) is 12.9. The summed E-state index contributed by atoms with van der Waals surface area (Å²) in [5.74, 6) is -3.42. The van der Waals surface area contributed by atoms with Gasteiger partial charge in [-0.15, -0.1) is 0 Å². The number of carboxylic acids is 2. The summed E-state index contributed by atoms with van der Waals surface area (Å²) in [5, 5.41) is 34.0. The van der Waals surface area contributed by atoms with Crippen LogP contribution in [0, 0.1) is 0 Å². The van der Waals surface area contributed by atoms with Crippen LogP contribution in [-0.2, 0) is 25.5 Å². The molecule has 9 nitrogen and oxygen atoms in total. The molecular weight excluding hydrogens is 322 g/mol. The Kier molecular flexibility index (Phi) is 9.26. The van der Waals surface area contributed by atoms with Gasteiger partial charge in [0.05, 0.1) is 6.61 Å². The Balaban J connectivity index is 0.000000561. The molecule has 1 atom stereocenters. The minimum atomic E-state index is -1.26. The predicted octanol–water partition coefficient (Wildman–Crippen LogP) is 0.242. The van der Waals surface area contributed by atoms with Crippen LogP contribution in [0.3, 0.4) is 0 Å². The fraction of sp³-hybridized carbons (Fsp3) is 0.267. The van der Waals surface area contributed by atoms with Crippen LogP contribution in [0.25, 0.3) is 0 Å². The first-order valence-electron chi connectivity index (χ1n) is 6.74. The van der Waals surface area contributed by atoms with Gasteiger partial charge in [-0.1, -0.05) is 6.07 Å². The number of hydrogen-bond acceptors (Lipinski definition) is 7. The molecule has 0 aliphatic rings. The molecule has 1 rings (SSSR count). The second-order valence-electron chi connectivity index (χ2n) is 4.40. The monoisotopic (exact) mass is 341 g/mol. The first kappa shape index (κ1) is 20.9. The van der Waals surface area contributed by atoms with Gasteiger partial charge in [0, 0.05) is 12.2 Å². The number of ether oxygens (including phenoxy) is 1. The highest BCUT2D eigenvalue weighted by atomic mass is 16.5. The van der Waals surface area contributed by atoms with Gasteiger partial charge in [0.2, 0.25) is 0 Å². The van der Waals surface area contributed by atoms with E-state index < -0.39 is 23.9 Å². The Labute approximate surface area is 137 Å². The molecule has 0 aliphatic heterocycles. The maximum atomic E-state index is 11.2. The van der Waals surface area contributed by atoms with Crippen molar-refractivity contribution in [2.24, 2.45) is 5.73 Å². The Morgan fingerprint density at radius 3 is 2.08 bits per heavy atom. The Morgan fingerprint density at radius 1 is 1.12 bits per heavy atom. The molecule has 9 heteroatoms. The highest BCUT2D eigenvalue weighted by molar-refractivity contribution is 5.89. The summed E-state index contributed by atoms with van der Waals surface area (Å²) in [5.41, 5.74) is 6.27. The predicted molar refractivity (Wildman–Crippen MR) is 82.5 cm³/mol. The van der Waals surface area contributed by atoms with Crippen LogP contribution in [0.1, 0.15) is 12.5 Å². The van der Waals surface area contributed by atoms with Crippen molar-refractivity contribution in [1.29, 1.82) is 0 Å². The third-order valence-corrected chi connectivity index (χ3v) is 2.45. The third kappa shape index (κ3) is 9.05. The molecule has 132 valence electrons. The highest BCUT2D eigenvalue weighted by Crippen LogP contribution is 2.25. The van der Waals surface area contributed by atoms with E-state index in [9.17, 15) is 19.5 Å². The molecule has 0 fully saturated rings. The van der Waals surface area contributed by atoms with Gasteiger partial charge in [0.15, 0.2) is 11.5 Å². The maximum Gasteiger partial charge on any atom is 0.328 e. The van der Waals surface area contributed by atoms with Gasteiger partial charge >= 0.3 is 17.9 Å². The number of phenolic OH excluding ortho intramolecular Hbond substituents is 2. The molecule has 0 bridgehead atoms. The highest BCUT2D eigenvalue weighted by Gasteiger charge is 2.15. The smallest absolute Gasteiger partial charge is 0.328 e. The van der Waals surface area contributed by atoms with E-state index in [2.05, 4.69) is 0 Å². The molecule has 0 aromatic heterocycles. The fourth-order valence-corrected chi connectivity index (χ4v) is 1.43. The molecule has 0 heterocycles. The first-order valence-corrected chi connectivity index (χ1v) is 6.74. The number of hydrogen-bond donors (Lipinski definition) is 5. The molecule has 0 saturated carbocycles. The van der Waals surface area contributed by atoms with E-state index in [-0.39, 0.29) is 24.5 Å². The van der Waals surface area contributed by atoms with Crippen molar-refractivity contribution < 1.29 is 39.5 Å². The Bertz CT molecular complexity index is 595. The second kappa shape index (κ2) is 10.6. The Morgan fingerprint density at radius 2 is 1.67 bits per heavy atom. The number of carboxylic acid groups (broad SMARTS) is 2. The molecule has 1 aromatic carbocycles.